The fourth-order valence-electron chi connectivity index (χ4n) is 0.615. The Morgan fingerprint density at radius 1 is 1.70 bits per heavy atom. The van der Waals surface area contributed by atoms with Gasteiger partial charge in [0.2, 0.25) is 0 Å². The number of rotatable bonds is 3. The van der Waals surface area contributed by atoms with E-state index in [1.54, 1.807) is 6.20 Å². The van der Waals surface area contributed by atoms with Crippen LogP contribution >= 0.6 is 0 Å². The lowest BCUT2D eigenvalue weighted by molar-refractivity contribution is 0.311. The van der Waals surface area contributed by atoms with Gasteiger partial charge in [-0.15, -0.1) is 0 Å². The van der Waals surface area contributed by atoms with Crippen molar-refractivity contribution in [2.24, 2.45) is 0 Å². The third-order valence-corrected chi connectivity index (χ3v) is 1.04. The molecule has 0 spiro atoms. The molecule has 3 heteroatoms. The van der Waals surface area contributed by atoms with Gasteiger partial charge in [0.15, 0.2) is 0 Å². The van der Waals surface area contributed by atoms with E-state index >= 15 is 0 Å². The number of aliphatic hydroxyl groups excluding tert-OH is 1. The molecule has 0 amide bonds. The zero-order valence-electron chi connectivity index (χ0n) is 5.54. The van der Waals surface area contributed by atoms with Gasteiger partial charge in [-0.2, -0.15) is 0 Å². The maximum absolute atomic E-state index is 8.43. The number of aromatic nitrogens is 1. The minimum Gasteiger partial charge on any atom is -0.395 e. The molecule has 0 fully saturated rings. The van der Waals surface area contributed by atoms with Gasteiger partial charge in [0.05, 0.1) is 12.3 Å². The van der Waals surface area contributed by atoms with Crippen LogP contribution in [0.2, 0.25) is 0 Å². The Kier molecular flexibility index (Phi) is 2.70. The summed E-state index contributed by atoms with van der Waals surface area (Å²) in [5, 5.41) is 11.4. The zero-order valence-corrected chi connectivity index (χ0v) is 5.54. The van der Waals surface area contributed by atoms with Crippen LogP contribution in [0.3, 0.4) is 0 Å². The van der Waals surface area contributed by atoms with Crippen LogP contribution in [0.1, 0.15) is 0 Å². The second kappa shape index (κ2) is 3.85. The molecule has 3 nitrogen and oxygen atoms in total. The first-order valence-corrected chi connectivity index (χ1v) is 3.11. The van der Waals surface area contributed by atoms with E-state index in [0.29, 0.717) is 6.54 Å². The Bertz CT molecular complexity index is 176. The summed E-state index contributed by atoms with van der Waals surface area (Å²) < 4.78 is 0. The van der Waals surface area contributed by atoms with E-state index in [0.717, 1.165) is 5.69 Å². The van der Waals surface area contributed by atoms with Crippen molar-refractivity contribution in [3.05, 3.63) is 24.5 Å². The van der Waals surface area contributed by atoms with Crippen molar-refractivity contribution in [2.75, 3.05) is 18.5 Å². The molecule has 0 aromatic carbocycles. The van der Waals surface area contributed by atoms with Gasteiger partial charge in [-0.25, -0.2) is 0 Å². The molecule has 53 valence electrons. The van der Waals surface area contributed by atoms with Gasteiger partial charge in [-0.1, -0.05) is 0 Å². The first kappa shape index (κ1) is 7.02. The first-order chi connectivity index (χ1) is 4.93. The van der Waals surface area contributed by atoms with E-state index in [4.69, 9.17) is 5.11 Å². The van der Waals surface area contributed by atoms with Crippen molar-refractivity contribution < 1.29 is 5.11 Å². The molecule has 0 bridgehead atoms. The number of nitrogens with zero attached hydrogens (tertiary/aromatic N) is 1. The van der Waals surface area contributed by atoms with Crippen molar-refractivity contribution in [1.82, 2.24) is 4.98 Å². The first-order valence-electron chi connectivity index (χ1n) is 3.11. The molecule has 0 aliphatic carbocycles. The average Bonchev–Trinajstić information content (AvgIpc) is 2.03. The molecule has 0 aliphatic heterocycles. The summed E-state index contributed by atoms with van der Waals surface area (Å²) >= 11 is 0. The summed E-state index contributed by atoms with van der Waals surface area (Å²) in [7, 11) is 0. The lowest BCUT2D eigenvalue weighted by Gasteiger charge is -2.00. The predicted octanol–water partition coefficient (Wildman–Crippen LogP) is 0.286. The van der Waals surface area contributed by atoms with Gasteiger partial charge in [-0.05, 0) is 12.1 Å². The van der Waals surface area contributed by atoms with Crippen LogP contribution in [0.4, 0.5) is 5.69 Å². The van der Waals surface area contributed by atoms with Crippen molar-refractivity contribution >= 4 is 5.69 Å². The molecule has 0 saturated heterocycles. The molecule has 2 N–H and O–H groups in total. The Hall–Kier alpha value is -1.09. The second-order valence-electron chi connectivity index (χ2n) is 1.81. The van der Waals surface area contributed by atoms with Crippen LogP contribution in [-0.4, -0.2) is 23.2 Å². The van der Waals surface area contributed by atoms with Crippen LogP contribution in [0.5, 0.6) is 0 Å². The average molecular weight is 137 g/mol. The van der Waals surface area contributed by atoms with Crippen LogP contribution < -0.4 is 5.32 Å². The number of hydrogen-bond acceptors (Lipinski definition) is 3. The summed E-state index contributed by atoms with van der Waals surface area (Å²) in [4.78, 5) is 3.77. The van der Waals surface area contributed by atoms with Crippen molar-refractivity contribution in [2.45, 2.75) is 0 Å². The van der Waals surface area contributed by atoms with E-state index in [9.17, 15) is 0 Å². The fourth-order valence-corrected chi connectivity index (χ4v) is 0.615. The quantitative estimate of drug-likeness (QED) is 0.629. The molecular formula is C7H9N2O. The van der Waals surface area contributed by atoms with E-state index in [-0.39, 0.29) is 6.61 Å². The van der Waals surface area contributed by atoms with Gasteiger partial charge in [0.1, 0.15) is 6.20 Å². The van der Waals surface area contributed by atoms with Crippen LogP contribution in [-0.2, 0) is 0 Å². The molecule has 1 aromatic rings. The molecule has 0 atom stereocenters. The third kappa shape index (κ3) is 2.03. The number of nitrogens with one attached hydrogen (secondary N) is 1. The molecule has 0 unspecified atom stereocenters. The van der Waals surface area contributed by atoms with Crippen LogP contribution in [0, 0.1) is 6.20 Å². The van der Waals surface area contributed by atoms with Crippen LogP contribution in [0.15, 0.2) is 18.3 Å². The van der Waals surface area contributed by atoms with E-state index in [1.165, 1.54) is 0 Å². The highest BCUT2D eigenvalue weighted by atomic mass is 16.3. The van der Waals surface area contributed by atoms with Gasteiger partial charge < -0.3 is 10.4 Å². The Morgan fingerprint density at radius 2 is 2.60 bits per heavy atom. The maximum atomic E-state index is 8.43. The molecular weight excluding hydrogens is 128 g/mol. The molecule has 1 radical (unpaired) electrons. The maximum Gasteiger partial charge on any atom is 0.114 e. The minimum absolute atomic E-state index is 0.128. The zero-order chi connectivity index (χ0) is 7.23. The number of anilines is 1. The minimum atomic E-state index is 0.128. The second-order valence-corrected chi connectivity index (χ2v) is 1.81. The fraction of sp³-hybridized carbons (Fsp3) is 0.286. The molecule has 1 rings (SSSR count). The smallest absolute Gasteiger partial charge is 0.114 e. The highest BCUT2D eigenvalue weighted by Crippen LogP contribution is 1.99. The Morgan fingerprint density at radius 3 is 3.20 bits per heavy atom. The molecule has 1 heterocycles. The monoisotopic (exact) mass is 137 g/mol. The summed E-state index contributed by atoms with van der Waals surface area (Å²) in [6.45, 7) is 0.672. The van der Waals surface area contributed by atoms with Crippen molar-refractivity contribution in [1.29, 1.82) is 0 Å². The van der Waals surface area contributed by atoms with Gasteiger partial charge in [0, 0.05) is 12.7 Å². The van der Waals surface area contributed by atoms with E-state index in [2.05, 4.69) is 16.5 Å². The highest BCUT2D eigenvalue weighted by Gasteiger charge is 1.86. The molecule has 1 aromatic heterocycles. The summed E-state index contributed by atoms with van der Waals surface area (Å²) in [5.41, 5.74) is 0.816. The van der Waals surface area contributed by atoms with Gasteiger partial charge in [-0.3, -0.25) is 4.98 Å². The number of pyridine rings is 1. The topological polar surface area (TPSA) is 45.1 Å². The van der Waals surface area contributed by atoms with Crippen molar-refractivity contribution in [3.8, 4) is 0 Å². The van der Waals surface area contributed by atoms with Gasteiger partial charge in [0.25, 0.3) is 0 Å². The third-order valence-electron chi connectivity index (χ3n) is 1.04. The van der Waals surface area contributed by atoms with Crippen molar-refractivity contribution in [3.63, 3.8) is 0 Å². The van der Waals surface area contributed by atoms with E-state index in [1.807, 2.05) is 12.1 Å². The molecule has 0 aliphatic rings. The lowest BCUT2D eigenvalue weighted by Crippen LogP contribution is -2.05. The Balaban J connectivity index is 2.43. The summed E-state index contributed by atoms with van der Waals surface area (Å²) in [5.74, 6) is 0. The normalized spacial score (nSPS) is 9.30. The van der Waals surface area contributed by atoms with Crippen LogP contribution in [0.25, 0.3) is 0 Å². The number of aliphatic hydroxyl groups is 1. The SMILES string of the molecule is OCCNc1[c]nccc1. The highest BCUT2D eigenvalue weighted by molar-refractivity contribution is 5.38. The lowest BCUT2D eigenvalue weighted by atomic mass is 10.4. The number of hydrogen-bond donors (Lipinski definition) is 2. The standard InChI is InChI=1S/C7H9N2O/c10-5-4-9-7-2-1-3-8-6-7/h1-3,9-10H,4-5H2. The summed E-state index contributed by atoms with van der Waals surface area (Å²) in [6, 6.07) is 3.67. The van der Waals surface area contributed by atoms with E-state index < -0.39 is 0 Å². The Labute approximate surface area is 59.7 Å². The predicted molar refractivity (Wildman–Crippen MR) is 38.6 cm³/mol. The molecule has 0 saturated carbocycles. The summed E-state index contributed by atoms with van der Waals surface area (Å²) in [6.07, 6.45) is 4.39. The van der Waals surface area contributed by atoms with Gasteiger partial charge >= 0.3 is 0 Å². The molecule has 10 heavy (non-hydrogen) atoms. The largest absolute Gasteiger partial charge is 0.395 e.